The highest BCUT2D eigenvalue weighted by Gasteiger charge is 2.09. The fourth-order valence-corrected chi connectivity index (χ4v) is 3.58. The van der Waals surface area contributed by atoms with Gasteiger partial charge in [0.2, 0.25) is 0 Å². The highest BCUT2D eigenvalue weighted by molar-refractivity contribution is 5.81. The van der Waals surface area contributed by atoms with Gasteiger partial charge in [0.1, 0.15) is 29.4 Å². The van der Waals surface area contributed by atoms with Crippen LogP contribution in [-0.4, -0.2) is 20.1 Å². The first-order valence-electron chi connectivity index (χ1n) is 10.6. The highest BCUT2D eigenvalue weighted by Crippen LogP contribution is 2.31. The lowest BCUT2D eigenvalue weighted by atomic mass is 10.1. The number of phenols is 1. The summed E-state index contributed by atoms with van der Waals surface area (Å²) in [5, 5.41) is 19.5. The molecule has 0 aliphatic rings. The third-order valence-corrected chi connectivity index (χ3v) is 5.23. The van der Waals surface area contributed by atoms with Crippen LogP contribution in [0.4, 0.5) is 0 Å². The van der Waals surface area contributed by atoms with Gasteiger partial charge in [-0.1, -0.05) is 29.5 Å². The first kappa shape index (κ1) is 21.3. The number of aromatic nitrogens is 3. The summed E-state index contributed by atoms with van der Waals surface area (Å²) >= 11 is 0. The molecule has 0 atom stereocenters. The molecular formula is C26H21N3O5. The summed E-state index contributed by atoms with van der Waals surface area (Å²) in [7, 11) is 0. The van der Waals surface area contributed by atoms with Crippen LogP contribution >= 0.6 is 0 Å². The Bertz CT molecular complexity index is 1510. The van der Waals surface area contributed by atoms with E-state index in [0.29, 0.717) is 35.1 Å². The molecule has 5 aromatic rings. The van der Waals surface area contributed by atoms with Gasteiger partial charge in [0, 0.05) is 17.5 Å². The van der Waals surface area contributed by atoms with E-state index in [9.17, 15) is 9.90 Å². The monoisotopic (exact) mass is 455 g/mol. The van der Waals surface area contributed by atoms with E-state index in [-0.39, 0.29) is 12.4 Å². The van der Waals surface area contributed by atoms with Crippen molar-refractivity contribution in [2.45, 2.75) is 20.1 Å². The number of fused-ring (bicyclic) bond motifs is 1. The topological polar surface area (TPSA) is 99.6 Å². The van der Waals surface area contributed by atoms with Crippen LogP contribution in [0.5, 0.6) is 23.0 Å². The van der Waals surface area contributed by atoms with E-state index < -0.39 is 5.63 Å². The van der Waals surface area contributed by atoms with Crippen molar-refractivity contribution in [3.8, 4) is 23.0 Å². The maximum Gasteiger partial charge on any atom is 0.336 e. The summed E-state index contributed by atoms with van der Waals surface area (Å²) in [5.41, 5.74) is 2.42. The minimum absolute atomic E-state index is 0.0446. The van der Waals surface area contributed by atoms with E-state index in [1.54, 1.807) is 29.1 Å². The summed E-state index contributed by atoms with van der Waals surface area (Å²) in [5.74, 6) is 1.64. The van der Waals surface area contributed by atoms with Crippen LogP contribution in [0.3, 0.4) is 0 Å². The Balaban J connectivity index is 1.22. The molecule has 0 fully saturated rings. The highest BCUT2D eigenvalue weighted by atomic mass is 16.5. The number of hydrogen-bond donors (Lipinski definition) is 1. The molecular weight excluding hydrogens is 434 g/mol. The molecule has 2 heterocycles. The van der Waals surface area contributed by atoms with E-state index >= 15 is 0 Å². The third-order valence-electron chi connectivity index (χ3n) is 5.23. The number of benzene rings is 3. The standard InChI is InChI=1S/C26H21N3O5/c1-17-11-26(31)34-25-13-21(8-9-22(17)25)32-16-19-15-29(28-27-19)14-18-7-10-24(23(30)12-18)33-20-5-3-2-4-6-20/h2-13,15,30H,14,16H2,1H3. The van der Waals surface area contributed by atoms with Crippen molar-refractivity contribution < 1.29 is 19.0 Å². The molecule has 0 spiro atoms. The van der Waals surface area contributed by atoms with Gasteiger partial charge in [-0.15, -0.1) is 5.10 Å². The zero-order valence-corrected chi connectivity index (χ0v) is 18.3. The van der Waals surface area contributed by atoms with Crippen LogP contribution in [0.1, 0.15) is 16.8 Å². The van der Waals surface area contributed by atoms with Gasteiger partial charge < -0.3 is 19.0 Å². The lowest BCUT2D eigenvalue weighted by Gasteiger charge is -2.09. The molecule has 8 heteroatoms. The predicted octanol–water partition coefficient (Wildman–Crippen LogP) is 4.82. The molecule has 0 saturated carbocycles. The number of para-hydroxylation sites is 1. The maximum atomic E-state index is 11.6. The first-order valence-corrected chi connectivity index (χ1v) is 10.6. The van der Waals surface area contributed by atoms with Gasteiger partial charge in [-0.25, -0.2) is 9.48 Å². The second-order valence-electron chi connectivity index (χ2n) is 7.82. The zero-order valence-electron chi connectivity index (χ0n) is 18.3. The second kappa shape index (κ2) is 9.11. The fourth-order valence-electron chi connectivity index (χ4n) is 3.58. The van der Waals surface area contributed by atoms with Crippen molar-refractivity contribution in [1.82, 2.24) is 15.0 Å². The molecule has 0 bridgehead atoms. The van der Waals surface area contributed by atoms with Gasteiger partial charge in [-0.05, 0) is 54.4 Å². The van der Waals surface area contributed by atoms with Gasteiger partial charge in [-0.3, -0.25) is 0 Å². The lowest BCUT2D eigenvalue weighted by molar-refractivity contribution is 0.301. The van der Waals surface area contributed by atoms with Crippen molar-refractivity contribution in [3.63, 3.8) is 0 Å². The van der Waals surface area contributed by atoms with Crippen LogP contribution < -0.4 is 15.1 Å². The van der Waals surface area contributed by atoms with Gasteiger partial charge in [0.05, 0.1) is 12.7 Å². The average Bonchev–Trinajstić information content (AvgIpc) is 3.27. The number of nitrogens with zero attached hydrogens (tertiary/aromatic N) is 3. The second-order valence-corrected chi connectivity index (χ2v) is 7.82. The zero-order chi connectivity index (χ0) is 23.5. The largest absolute Gasteiger partial charge is 0.504 e. The van der Waals surface area contributed by atoms with Gasteiger partial charge in [0.15, 0.2) is 11.5 Å². The van der Waals surface area contributed by atoms with Crippen LogP contribution in [0.25, 0.3) is 11.0 Å². The van der Waals surface area contributed by atoms with Crippen molar-refractivity contribution in [1.29, 1.82) is 0 Å². The van der Waals surface area contributed by atoms with Crippen LogP contribution in [-0.2, 0) is 13.2 Å². The Hall–Kier alpha value is -4.59. The molecule has 0 radical (unpaired) electrons. The Morgan fingerprint density at radius 3 is 2.68 bits per heavy atom. The van der Waals surface area contributed by atoms with Crippen molar-refractivity contribution in [2.24, 2.45) is 0 Å². The summed E-state index contributed by atoms with van der Waals surface area (Å²) < 4.78 is 18.4. The first-order chi connectivity index (χ1) is 16.5. The predicted molar refractivity (Wildman–Crippen MR) is 125 cm³/mol. The smallest absolute Gasteiger partial charge is 0.336 e. The van der Waals surface area contributed by atoms with Gasteiger partial charge in [-0.2, -0.15) is 0 Å². The van der Waals surface area contributed by atoms with Crippen molar-refractivity contribution >= 4 is 11.0 Å². The number of ether oxygens (including phenoxy) is 2. The van der Waals surface area contributed by atoms with Crippen LogP contribution in [0.15, 0.2) is 88.2 Å². The third kappa shape index (κ3) is 4.75. The van der Waals surface area contributed by atoms with Crippen molar-refractivity contribution in [2.75, 3.05) is 0 Å². The molecule has 0 aliphatic carbocycles. The molecule has 2 aromatic heterocycles. The Kier molecular flexibility index (Phi) is 5.70. The molecule has 0 unspecified atom stereocenters. The quantitative estimate of drug-likeness (QED) is 0.351. The molecule has 8 nitrogen and oxygen atoms in total. The summed E-state index contributed by atoms with van der Waals surface area (Å²) in [6.45, 7) is 2.49. The minimum atomic E-state index is -0.393. The maximum absolute atomic E-state index is 11.6. The van der Waals surface area contributed by atoms with Crippen molar-refractivity contribution in [3.05, 3.63) is 106 Å². The normalized spacial score (nSPS) is 11.0. The van der Waals surface area contributed by atoms with E-state index in [2.05, 4.69) is 10.3 Å². The number of hydrogen-bond acceptors (Lipinski definition) is 7. The molecule has 0 amide bonds. The molecule has 0 saturated heterocycles. The van der Waals surface area contributed by atoms with E-state index in [1.807, 2.05) is 55.5 Å². The Morgan fingerprint density at radius 1 is 1.00 bits per heavy atom. The molecule has 170 valence electrons. The number of aryl methyl sites for hydroxylation is 1. The van der Waals surface area contributed by atoms with Gasteiger partial charge >= 0.3 is 5.63 Å². The fraction of sp³-hybridized carbons (Fsp3) is 0.115. The Labute approximate surface area is 194 Å². The number of rotatable bonds is 7. The van der Waals surface area contributed by atoms with E-state index in [0.717, 1.165) is 16.5 Å². The van der Waals surface area contributed by atoms with Crippen LogP contribution in [0.2, 0.25) is 0 Å². The average molecular weight is 455 g/mol. The molecule has 5 rings (SSSR count). The van der Waals surface area contributed by atoms with Crippen LogP contribution in [0, 0.1) is 6.92 Å². The SMILES string of the molecule is Cc1cc(=O)oc2cc(OCc3cn(Cc4ccc(Oc5ccccc5)c(O)c4)nn3)ccc12. The van der Waals surface area contributed by atoms with Gasteiger partial charge in [0.25, 0.3) is 0 Å². The van der Waals surface area contributed by atoms with E-state index in [1.165, 1.54) is 6.07 Å². The molecule has 34 heavy (non-hydrogen) atoms. The Morgan fingerprint density at radius 2 is 1.85 bits per heavy atom. The summed E-state index contributed by atoms with van der Waals surface area (Å²) in [6.07, 6.45) is 1.77. The molecule has 3 aromatic carbocycles. The molecule has 0 aliphatic heterocycles. The van der Waals surface area contributed by atoms with E-state index in [4.69, 9.17) is 13.9 Å². The lowest BCUT2D eigenvalue weighted by Crippen LogP contribution is -2.00. The molecule has 1 N–H and O–H groups in total. The minimum Gasteiger partial charge on any atom is -0.504 e. The number of phenolic OH excluding ortho intramolecular Hbond substituents is 1. The summed E-state index contributed by atoms with van der Waals surface area (Å²) in [6, 6.07) is 21.3. The summed E-state index contributed by atoms with van der Waals surface area (Å²) in [4.78, 5) is 11.6. The number of aromatic hydroxyl groups is 1.